The van der Waals surface area contributed by atoms with Gasteiger partial charge in [-0.15, -0.1) is 0 Å². The number of anilines is 1. The van der Waals surface area contributed by atoms with Gasteiger partial charge in [-0.1, -0.05) is 18.2 Å². The molecule has 0 spiro atoms. The molecular formula is C14H9N5O. The molecule has 0 unspecified atom stereocenters. The van der Waals surface area contributed by atoms with E-state index in [1.54, 1.807) is 12.3 Å². The van der Waals surface area contributed by atoms with Crippen LogP contribution in [-0.2, 0) is 0 Å². The Balaban J connectivity index is 2.00. The standard InChI is InChI=1S/C14H9N5O/c15-7-9-8-17-19-13(9)18-14(20)11-5-6-16-12-4-2-1-3-10(11)12/h1-6,8H,(H2,17,18,19,20). The molecule has 2 N–H and O–H groups in total. The minimum Gasteiger partial charge on any atom is -0.306 e. The number of carbonyl (C=O) groups is 1. The van der Waals surface area contributed by atoms with Gasteiger partial charge in [-0.3, -0.25) is 14.9 Å². The number of H-pyrrole nitrogens is 1. The molecule has 0 aliphatic rings. The molecule has 0 saturated carbocycles. The van der Waals surface area contributed by atoms with Crippen LogP contribution in [0, 0.1) is 11.3 Å². The maximum atomic E-state index is 12.3. The molecule has 0 saturated heterocycles. The number of amides is 1. The van der Waals surface area contributed by atoms with Crippen molar-refractivity contribution < 1.29 is 4.79 Å². The number of hydrogen-bond donors (Lipinski definition) is 2. The number of aromatic amines is 1. The number of carbonyl (C=O) groups excluding carboxylic acids is 1. The molecule has 0 aliphatic heterocycles. The maximum Gasteiger partial charge on any atom is 0.257 e. The van der Waals surface area contributed by atoms with Gasteiger partial charge in [0.05, 0.1) is 17.3 Å². The van der Waals surface area contributed by atoms with Gasteiger partial charge in [-0.05, 0) is 12.1 Å². The van der Waals surface area contributed by atoms with E-state index in [0.29, 0.717) is 11.4 Å². The molecule has 20 heavy (non-hydrogen) atoms. The summed E-state index contributed by atoms with van der Waals surface area (Å²) in [4.78, 5) is 16.5. The van der Waals surface area contributed by atoms with Crippen LogP contribution in [0.1, 0.15) is 15.9 Å². The van der Waals surface area contributed by atoms with Crippen LogP contribution in [0.25, 0.3) is 10.9 Å². The average molecular weight is 263 g/mol. The number of rotatable bonds is 2. The van der Waals surface area contributed by atoms with Gasteiger partial charge in [0.25, 0.3) is 5.91 Å². The fourth-order valence-corrected chi connectivity index (χ4v) is 1.94. The van der Waals surface area contributed by atoms with Crippen LogP contribution in [0.5, 0.6) is 0 Å². The van der Waals surface area contributed by atoms with Crippen LogP contribution in [0.3, 0.4) is 0 Å². The predicted molar refractivity (Wildman–Crippen MR) is 73.0 cm³/mol. The number of nitrogens with zero attached hydrogens (tertiary/aromatic N) is 3. The normalized spacial score (nSPS) is 10.2. The van der Waals surface area contributed by atoms with Gasteiger partial charge < -0.3 is 5.32 Å². The molecule has 1 aromatic carbocycles. The number of hydrogen-bond acceptors (Lipinski definition) is 4. The molecule has 0 radical (unpaired) electrons. The van der Waals surface area contributed by atoms with E-state index in [9.17, 15) is 4.79 Å². The minimum absolute atomic E-state index is 0.289. The summed E-state index contributed by atoms with van der Waals surface area (Å²) in [7, 11) is 0. The largest absolute Gasteiger partial charge is 0.306 e. The van der Waals surface area contributed by atoms with Gasteiger partial charge >= 0.3 is 0 Å². The van der Waals surface area contributed by atoms with Gasteiger partial charge in [-0.2, -0.15) is 10.4 Å². The Bertz CT molecular complexity index is 825. The second-order valence-electron chi connectivity index (χ2n) is 4.10. The fraction of sp³-hybridized carbons (Fsp3) is 0. The van der Waals surface area contributed by atoms with Crippen LogP contribution >= 0.6 is 0 Å². The highest BCUT2D eigenvalue weighted by molar-refractivity contribution is 6.12. The number of nitriles is 1. The second-order valence-corrected chi connectivity index (χ2v) is 4.10. The molecule has 2 aromatic heterocycles. The zero-order valence-electron chi connectivity index (χ0n) is 10.3. The molecule has 6 heteroatoms. The zero-order valence-corrected chi connectivity index (χ0v) is 10.3. The first kappa shape index (κ1) is 11.9. The Kier molecular flexibility index (Phi) is 2.86. The third kappa shape index (κ3) is 1.97. The molecule has 0 bridgehead atoms. The van der Waals surface area contributed by atoms with E-state index in [4.69, 9.17) is 5.26 Å². The molecule has 3 rings (SSSR count). The van der Waals surface area contributed by atoms with E-state index in [2.05, 4.69) is 20.5 Å². The Morgan fingerprint density at radius 2 is 2.15 bits per heavy atom. The molecule has 0 aliphatic carbocycles. The third-order valence-electron chi connectivity index (χ3n) is 2.89. The average Bonchev–Trinajstić information content (AvgIpc) is 2.93. The summed E-state index contributed by atoms with van der Waals surface area (Å²) in [5, 5.41) is 18.6. The molecule has 6 nitrogen and oxygen atoms in total. The van der Waals surface area contributed by atoms with E-state index in [0.717, 1.165) is 10.9 Å². The number of nitrogens with one attached hydrogen (secondary N) is 2. The highest BCUT2D eigenvalue weighted by Crippen LogP contribution is 2.18. The summed E-state index contributed by atoms with van der Waals surface area (Å²) in [5.41, 5.74) is 1.52. The monoisotopic (exact) mass is 263 g/mol. The van der Waals surface area contributed by atoms with Crippen molar-refractivity contribution in [2.75, 3.05) is 5.32 Å². The van der Waals surface area contributed by atoms with Gasteiger partial charge in [0.15, 0.2) is 0 Å². The molecule has 1 amide bonds. The summed E-state index contributed by atoms with van der Waals surface area (Å²) in [6.07, 6.45) is 2.94. The van der Waals surface area contributed by atoms with Gasteiger partial charge in [-0.25, -0.2) is 0 Å². The van der Waals surface area contributed by atoms with Crippen molar-refractivity contribution in [3.05, 3.63) is 53.9 Å². The summed E-state index contributed by atoms with van der Waals surface area (Å²) in [6.45, 7) is 0. The van der Waals surface area contributed by atoms with Crippen LogP contribution in [0.15, 0.2) is 42.7 Å². The lowest BCUT2D eigenvalue weighted by Gasteiger charge is -2.06. The molecule has 0 fully saturated rings. The van der Waals surface area contributed by atoms with Crippen LogP contribution < -0.4 is 5.32 Å². The number of fused-ring (bicyclic) bond motifs is 1. The Labute approximate surface area is 114 Å². The first-order chi connectivity index (χ1) is 9.79. The first-order valence-electron chi connectivity index (χ1n) is 5.88. The lowest BCUT2D eigenvalue weighted by atomic mass is 10.1. The van der Waals surface area contributed by atoms with Crippen molar-refractivity contribution in [2.24, 2.45) is 0 Å². The van der Waals surface area contributed by atoms with Crippen molar-refractivity contribution in [2.45, 2.75) is 0 Å². The smallest absolute Gasteiger partial charge is 0.257 e. The van der Waals surface area contributed by atoms with E-state index in [1.165, 1.54) is 6.20 Å². The van der Waals surface area contributed by atoms with Gasteiger partial charge in [0, 0.05) is 11.6 Å². The second kappa shape index (κ2) is 4.82. The Hall–Kier alpha value is -3.20. The van der Waals surface area contributed by atoms with Crippen LogP contribution in [0.4, 0.5) is 5.82 Å². The summed E-state index contributed by atoms with van der Waals surface area (Å²) >= 11 is 0. The highest BCUT2D eigenvalue weighted by atomic mass is 16.1. The third-order valence-corrected chi connectivity index (χ3v) is 2.89. The highest BCUT2D eigenvalue weighted by Gasteiger charge is 2.13. The summed E-state index contributed by atoms with van der Waals surface area (Å²) in [5.74, 6) is -0.0252. The SMILES string of the molecule is N#Cc1cn[nH]c1NC(=O)c1ccnc2ccccc12. The van der Waals surface area contributed by atoms with Crippen LogP contribution in [0.2, 0.25) is 0 Å². The van der Waals surface area contributed by atoms with E-state index in [1.807, 2.05) is 30.3 Å². The number of aromatic nitrogens is 3. The quantitative estimate of drug-likeness (QED) is 0.740. The van der Waals surface area contributed by atoms with Gasteiger partial charge in [0.1, 0.15) is 17.5 Å². The Morgan fingerprint density at radius 3 is 3.00 bits per heavy atom. The van der Waals surface area contributed by atoms with Gasteiger partial charge in [0.2, 0.25) is 0 Å². The summed E-state index contributed by atoms with van der Waals surface area (Å²) in [6, 6.07) is 11.0. The van der Waals surface area contributed by atoms with Crippen molar-refractivity contribution in [1.82, 2.24) is 15.2 Å². The van der Waals surface area contributed by atoms with E-state index < -0.39 is 0 Å². The molecular weight excluding hydrogens is 254 g/mol. The Morgan fingerprint density at radius 1 is 1.30 bits per heavy atom. The number of para-hydroxylation sites is 1. The van der Waals surface area contributed by atoms with E-state index in [-0.39, 0.29) is 11.5 Å². The lowest BCUT2D eigenvalue weighted by Crippen LogP contribution is -2.13. The minimum atomic E-state index is -0.315. The maximum absolute atomic E-state index is 12.3. The van der Waals surface area contributed by atoms with Crippen molar-refractivity contribution in [1.29, 1.82) is 5.26 Å². The molecule has 0 atom stereocenters. The predicted octanol–water partition coefficient (Wildman–Crippen LogP) is 2.08. The van der Waals surface area contributed by atoms with Crippen molar-refractivity contribution >= 4 is 22.6 Å². The van der Waals surface area contributed by atoms with Crippen LogP contribution in [-0.4, -0.2) is 21.1 Å². The lowest BCUT2D eigenvalue weighted by molar-refractivity contribution is 0.102. The number of pyridine rings is 1. The molecule has 3 aromatic rings. The first-order valence-corrected chi connectivity index (χ1v) is 5.88. The molecule has 2 heterocycles. The summed E-state index contributed by atoms with van der Waals surface area (Å²) < 4.78 is 0. The van der Waals surface area contributed by atoms with Crippen molar-refractivity contribution in [3.8, 4) is 6.07 Å². The fourth-order valence-electron chi connectivity index (χ4n) is 1.94. The van der Waals surface area contributed by atoms with Crippen molar-refractivity contribution in [3.63, 3.8) is 0 Å². The number of benzene rings is 1. The zero-order chi connectivity index (χ0) is 13.9. The van der Waals surface area contributed by atoms with E-state index >= 15 is 0 Å². The molecule has 96 valence electrons. The topological polar surface area (TPSA) is 94.5 Å².